The van der Waals surface area contributed by atoms with E-state index >= 15 is 0 Å². The van der Waals surface area contributed by atoms with Gasteiger partial charge in [0.05, 0.1) is 6.10 Å². The van der Waals surface area contributed by atoms with Crippen molar-refractivity contribution in [2.45, 2.75) is 18.6 Å². The van der Waals surface area contributed by atoms with Gasteiger partial charge in [0.1, 0.15) is 12.4 Å². The predicted molar refractivity (Wildman–Crippen MR) is 66.3 cm³/mol. The number of carbonyl (C=O) groups excluding carboxylic acids is 1. The molecule has 0 aliphatic carbocycles. The first-order chi connectivity index (χ1) is 8.10. The lowest BCUT2D eigenvalue weighted by Crippen LogP contribution is -2.24. The molecule has 0 heterocycles. The molecule has 0 amide bonds. The Bertz CT molecular complexity index is 384. The molecular formula is C12H16ClNO3. The van der Waals surface area contributed by atoms with Crippen molar-refractivity contribution in [3.05, 3.63) is 34.3 Å². The van der Waals surface area contributed by atoms with E-state index in [0.29, 0.717) is 35.4 Å². The maximum absolute atomic E-state index is 10.8. The largest absolute Gasteiger partial charge is 0.390 e. The fraction of sp³-hybridized carbons (Fsp3) is 0.417. The second-order valence-corrected chi connectivity index (χ2v) is 4.23. The molecule has 4 nitrogen and oxygen atoms in total. The molecule has 0 saturated heterocycles. The molecule has 0 aliphatic heterocycles. The normalized spacial score (nSPS) is 14.4. The fourth-order valence-electron chi connectivity index (χ4n) is 1.57. The third-order valence-electron chi connectivity index (χ3n) is 2.55. The summed E-state index contributed by atoms with van der Waals surface area (Å²) in [5.41, 5.74) is 0.696. The predicted octanol–water partition coefficient (Wildman–Crippen LogP) is 1.16. The van der Waals surface area contributed by atoms with Gasteiger partial charge in [-0.25, -0.2) is 0 Å². The van der Waals surface area contributed by atoms with Crippen LogP contribution in [0.2, 0.25) is 5.02 Å². The Labute approximate surface area is 105 Å². The first kappa shape index (κ1) is 14.1. The Morgan fingerprint density at radius 2 is 2.18 bits per heavy atom. The lowest BCUT2D eigenvalue weighted by atomic mass is 9.97. The topological polar surface area (TPSA) is 69.6 Å². The van der Waals surface area contributed by atoms with Gasteiger partial charge in [0, 0.05) is 10.6 Å². The van der Waals surface area contributed by atoms with Crippen LogP contribution in [0, 0.1) is 0 Å². The molecule has 1 aromatic rings. The minimum absolute atomic E-state index is 0.338. The molecule has 0 aliphatic rings. The van der Waals surface area contributed by atoms with Crippen LogP contribution in [0.3, 0.4) is 0 Å². The van der Waals surface area contributed by atoms with Crippen LogP contribution in [-0.2, 0) is 0 Å². The van der Waals surface area contributed by atoms with Gasteiger partial charge in [-0.3, -0.25) is 4.79 Å². The summed E-state index contributed by atoms with van der Waals surface area (Å²) in [6.07, 6.45) is -1.01. The Balaban J connectivity index is 2.89. The highest BCUT2D eigenvalue weighted by molar-refractivity contribution is 6.30. The van der Waals surface area contributed by atoms with E-state index in [1.165, 1.54) is 12.1 Å². The van der Waals surface area contributed by atoms with E-state index in [-0.39, 0.29) is 0 Å². The zero-order valence-electron chi connectivity index (χ0n) is 9.56. The molecule has 0 bridgehead atoms. The van der Waals surface area contributed by atoms with Crippen molar-refractivity contribution in [2.24, 2.45) is 0 Å². The second-order valence-electron chi connectivity index (χ2n) is 3.80. The van der Waals surface area contributed by atoms with E-state index in [9.17, 15) is 15.0 Å². The average Bonchev–Trinajstić information content (AvgIpc) is 2.34. The standard InChI is InChI=1S/C12H16ClNO3/c1-14-5-4-11(16)12(17)10-6-9(13)3-2-8(10)7-15/h2-3,6-7,11-12,14,16-17H,4-5H2,1H3. The Morgan fingerprint density at radius 3 is 2.76 bits per heavy atom. The molecule has 1 aromatic carbocycles. The van der Waals surface area contributed by atoms with Crippen molar-refractivity contribution in [3.8, 4) is 0 Å². The third kappa shape index (κ3) is 3.78. The summed E-state index contributed by atoms with van der Waals surface area (Å²) in [7, 11) is 1.76. The van der Waals surface area contributed by atoms with Crippen LogP contribution < -0.4 is 5.32 Å². The molecule has 2 atom stereocenters. The van der Waals surface area contributed by atoms with Gasteiger partial charge in [0.2, 0.25) is 0 Å². The molecule has 1 rings (SSSR count). The van der Waals surface area contributed by atoms with Crippen molar-refractivity contribution < 1.29 is 15.0 Å². The number of nitrogens with one attached hydrogen (secondary N) is 1. The molecule has 94 valence electrons. The number of benzene rings is 1. The van der Waals surface area contributed by atoms with Crippen molar-refractivity contribution in [2.75, 3.05) is 13.6 Å². The molecule has 17 heavy (non-hydrogen) atoms. The highest BCUT2D eigenvalue weighted by Gasteiger charge is 2.20. The lowest BCUT2D eigenvalue weighted by molar-refractivity contribution is 0.0137. The summed E-state index contributed by atoms with van der Waals surface area (Å²) in [5.74, 6) is 0. The first-order valence-electron chi connectivity index (χ1n) is 5.35. The maximum Gasteiger partial charge on any atom is 0.150 e. The highest BCUT2D eigenvalue weighted by atomic mass is 35.5. The number of aliphatic hydroxyl groups excluding tert-OH is 2. The third-order valence-corrected chi connectivity index (χ3v) is 2.78. The highest BCUT2D eigenvalue weighted by Crippen LogP contribution is 2.25. The molecule has 0 radical (unpaired) electrons. The Morgan fingerprint density at radius 1 is 1.47 bits per heavy atom. The van der Waals surface area contributed by atoms with Crippen molar-refractivity contribution in [1.82, 2.24) is 5.32 Å². The number of hydrogen-bond donors (Lipinski definition) is 3. The SMILES string of the molecule is CNCCC(O)C(O)c1cc(Cl)ccc1C=O. The van der Waals surface area contributed by atoms with Crippen molar-refractivity contribution in [1.29, 1.82) is 0 Å². The van der Waals surface area contributed by atoms with Crippen LogP contribution in [-0.4, -0.2) is 36.2 Å². The molecule has 0 aromatic heterocycles. The molecule has 0 saturated carbocycles. The van der Waals surface area contributed by atoms with Crippen molar-refractivity contribution >= 4 is 17.9 Å². The van der Waals surface area contributed by atoms with Gasteiger partial charge in [0.15, 0.2) is 0 Å². The summed E-state index contributed by atoms with van der Waals surface area (Å²) in [5, 5.41) is 23.0. The number of hydrogen-bond acceptors (Lipinski definition) is 4. The van der Waals surface area contributed by atoms with Crippen LogP contribution in [0.15, 0.2) is 18.2 Å². The maximum atomic E-state index is 10.8. The molecule has 0 fully saturated rings. The van der Waals surface area contributed by atoms with Crippen LogP contribution in [0.4, 0.5) is 0 Å². The smallest absolute Gasteiger partial charge is 0.150 e. The van der Waals surface area contributed by atoms with Crippen LogP contribution >= 0.6 is 11.6 Å². The monoisotopic (exact) mass is 257 g/mol. The van der Waals surface area contributed by atoms with E-state index in [2.05, 4.69) is 5.32 Å². The van der Waals surface area contributed by atoms with E-state index in [1.54, 1.807) is 13.1 Å². The number of halogens is 1. The van der Waals surface area contributed by atoms with Gasteiger partial charge in [0.25, 0.3) is 0 Å². The van der Waals surface area contributed by atoms with Gasteiger partial charge in [-0.1, -0.05) is 11.6 Å². The first-order valence-corrected chi connectivity index (χ1v) is 5.73. The van der Waals surface area contributed by atoms with Gasteiger partial charge >= 0.3 is 0 Å². The molecular weight excluding hydrogens is 242 g/mol. The molecule has 0 spiro atoms. The zero-order valence-corrected chi connectivity index (χ0v) is 10.3. The van der Waals surface area contributed by atoms with E-state index in [0.717, 1.165) is 0 Å². The Kier molecular flexibility index (Phi) is 5.58. The van der Waals surface area contributed by atoms with E-state index in [4.69, 9.17) is 11.6 Å². The number of aldehydes is 1. The minimum Gasteiger partial charge on any atom is -0.390 e. The summed E-state index contributed by atoms with van der Waals surface area (Å²) < 4.78 is 0. The molecule has 5 heteroatoms. The summed E-state index contributed by atoms with van der Waals surface area (Å²) >= 11 is 5.81. The average molecular weight is 258 g/mol. The van der Waals surface area contributed by atoms with Gasteiger partial charge in [-0.15, -0.1) is 0 Å². The Hall–Kier alpha value is -0.940. The summed E-state index contributed by atoms with van der Waals surface area (Å²) in [6, 6.07) is 4.60. The summed E-state index contributed by atoms with van der Waals surface area (Å²) in [4.78, 5) is 10.8. The van der Waals surface area contributed by atoms with Gasteiger partial charge in [-0.2, -0.15) is 0 Å². The van der Waals surface area contributed by atoms with Crippen LogP contribution in [0.25, 0.3) is 0 Å². The molecule has 3 N–H and O–H groups in total. The van der Waals surface area contributed by atoms with Crippen LogP contribution in [0.1, 0.15) is 28.4 Å². The van der Waals surface area contributed by atoms with Gasteiger partial charge in [-0.05, 0) is 43.8 Å². The van der Waals surface area contributed by atoms with E-state index < -0.39 is 12.2 Å². The van der Waals surface area contributed by atoms with Gasteiger partial charge < -0.3 is 15.5 Å². The quantitative estimate of drug-likeness (QED) is 0.669. The number of rotatable bonds is 6. The lowest BCUT2D eigenvalue weighted by Gasteiger charge is -2.19. The number of carbonyl (C=O) groups is 1. The fourth-order valence-corrected chi connectivity index (χ4v) is 1.75. The number of aliphatic hydroxyl groups is 2. The van der Waals surface area contributed by atoms with Crippen LogP contribution in [0.5, 0.6) is 0 Å². The van der Waals surface area contributed by atoms with E-state index in [1.807, 2.05) is 0 Å². The molecule has 2 unspecified atom stereocenters. The second kappa shape index (κ2) is 6.71. The summed E-state index contributed by atoms with van der Waals surface area (Å²) in [6.45, 7) is 0.579. The minimum atomic E-state index is -1.11. The zero-order chi connectivity index (χ0) is 12.8. The van der Waals surface area contributed by atoms with Crippen molar-refractivity contribution in [3.63, 3.8) is 0 Å².